The Bertz CT molecular complexity index is 947. The normalized spacial score (nSPS) is 16.1. The number of carbonyl (C=O) groups is 3. The van der Waals surface area contributed by atoms with E-state index in [4.69, 9.17) is 4.74 Å². The molecule has 2 amide bonds. The molecule has 1 N–H and O–H groups in total. The molecule has 0 aromatic heterocycles. The van der Waals surface area contributed by atoms with E-state index in [9.17, 15) is 14.4 Å². The van der Waals surface area contributed by atoms with Crippen LogP contribution in [-0.2, 0) is 19.1 Å². The molecule has 2 aromatic rings. The summed E-state index contributed by atoms with van der Waals surface area (Å²) in [6.45, 7) is 7.63. The van der Waals surface area contributed by atoms with Crippen molar-refractivity contribution in [1.29, 1.82) is 0 Å². The number of esters is 1. The van der Waals surface area contributed by atoms with Crippen molar-refractivity contribution in [1.82, 2.24) is 0 Å². The highest BCUT2D eigenvalue weighted by Crippen LogP contribution is 2.29. The second-order valence-corrected chi connectivity index (χ2v) is 7.62. The van der Waals surface area contributed by atoms with Crippen LogP contribution in [0.25, 0.3) is 0 Å². The average Bonchev–Trinajstić information content (AvgIpc) is 3.04. The molecule has 1 saturated heterocycles. The predicted octanol–water partition coefficient (Wildman–Crippen LogP) is 3.46. The van der Waals surface area contributed by atoms with Crippen molar-refractivity contribution >= 4 is 29.2 Å². The third-order valence-corrected chi connectivity index (χ3v) is 5.19. The second kappa shape index (κ2) is 8.47. The minimum absolute atomic E-state index is 0.0880. The number of hydrogen-bond acceptors (Lipinski definition) is 4. The Hall–Kier alpha value is -3.15. The zero-order valence-electron chi connectivity index (χ0n) is 17.2. The molecule has 0 bridgehead atoms. The molecule has 2 aromatic carbocycles. The molecule has 0 saturated carbocycles. The molecule has 0 aliphatic carbocycles. The van der Waals surface area contributed by atoms with Gasteiger partial charge in [0, 0.05) is 24.3 Å². The maximum atomic E-state index is 12.4. The van der Waals surface area contributed by atoms with Crippen molar-refractivity contribution in [2.45, 2.75) is 34.1 Å². The van der Waals surface area contributed by atoms with Crippen LogP contribution >= 0.6 is 0 Å². The van der Waals surface area contributed by atoms with Crippen LogP contribution in [-0.4, -0.2) is 30.9 Å². The monoisotopic (exact) mass is 394 g/mol. The number of nitrogens with zero attached hydrogens (tertiary/aromatic N) is 1. The Balaban J connectivity index is 1.57. The summed E-state index contributed by atoms with van der Waals surface area (Å²) in [5.74, 6) is -1.61. The van der Waals surface area contributed by atoms with E-state index in [2.05, 4.69) is 5.32 Å². The number of aryl methyl sites for hydroxylation is 4. The molecule has 1 aliphatic rings. The fourth-order valence-corrected chi connectivity index (χ4v) is 3.65. The summed E-state index contributed by atoms with van der Waals surface area (Å²) in [5.41, 5.74) is 5.52. The summed E-state index contributed by atoms with van der Waals surface area (Å²) >= 11 is 0. The van der Waals surface area contributed by atoms with Crippen LogP contribution in [0.4, 0.5) is 11.4 Å². The number of rotatable bonds is 5. The fraction of sp³-hybridized carbons (Fsp3) is 0.348. The van der Waals surface area contributed by atoms with Gasteiger partial charge in [-0.15, -0.1) is 0 Å². The van der Waals surface area contributed by atoms with Gasteiger partial charge in [0.2, 0.25) is 5.91 Å². The molecule has 0 spiro atoms. The first-order chi connectivity index (χ1) is 13.8. The number of hydrogen-bond donors (Lipinski definition) is 1. The van der Waals surface area contributed by atoms with Crippen molar-refractivity contribution < 1.29 is 19.1 Å². The van der Waals surface area contributed by atoms with Gasteiger partial charge in [0.25, 0.3) is 5.91 Å². The lowest BCUT2D eigenvalue weighted by Crippen LogP contribution is -2.28. The van der Waals surface area contributed by atoms with Crippen molar-refractivity contribution in [2.24, 2.45) is 5.92 Å². The minimum atomic E-state index is -0.573. The van der Waals surface area contributed by atoms with Crippen molar-refractivity contribution in [3.63, 3.8) is 0 Å². The molecule has 1 atom stereocenters. The van der Waals surface area contributed by atoms with Crippen molar-refractivity contribution in [3.05, 3.63) is 58.7 Å². The Morgan fingerprint density at radius 3 is 2.41 bits per heavy atom. The van der Waals surface area contributed by atoms with E-state index in [1.54, 1.807) is 4.90 Å². The third-order valence-electron chi connectivity index (χ3n) is 5.19. The number of nitrogens with one attached hydrogen (secondary N) is 1. The molecule has 1 aliphatic heterocycles. The summed E-state index contributed by atoms with van der Waals surface area (Å²) in [5, 5.41) is 2.79. The number of carbonyl (C=O) groups excluding carboxylic acids is 3. The zero-order valence-corrected chi connectivity index (χ0v) is 17.2. The zero-order chi connectivity index (χ0) is 21.1. The lowest BCUT2D eigenvalue weighted by molar-refractivity contribution is -0.151. The summed E-state index contributed by atoms with van der Waals surface area (Å²) in [6, 6.07) is 11.6. The molecule has 29 heavy (non-hydrogen) atoms. The number of anilines is 2. The third kappa shape index (κ3) is 4.65. The molecule has 1 heterocycles. The van der Waals surface area contributed by atoms with Gasteiger partial charge >= 0.3 is 5.97 Å². The first-order valence-electron chi connectivity index (χ1n) is 9.66. The Kier molecular flexibility index (Phi) is 6.01. The van der Waals surface area contributed by atoms with E-state index in [1.165, 1.54) is 0 Å². The molecule has 0 unspecified atom stereocenters. The quantitative estimate of drug-likeness (QED) is 0.788. The van der Waals surface area contributed by atoms with Crippen LogP contribution in [0.2, 0.25) is 0 Å². The Labute approximate surface area is 170 Å². The number of para-hydroxylation sites is 1. The van der Waals surface area contributed by atoms with E-state index in [-0.39, 0.29) is 25.5 Å². The minimum Gasteiger partial charge on any atom is -0.455 e. The van der Waals surface area contributed by atoms with Gasteiger partial charge in [-0.05, 0) is 50.5 Å². The topological polar surface area (TPSA) is 75.7 Å². The van der Waals surface area contributed by atoms with Crippen molar-refractivity contribution in [3.8, 4) is 0 Å². The Morgan fingerprint density at radius 1 is 1.07 bits per heavy atom. The smallest absolute Gasteiger partial charge is 0.311 e. The molecule has 6 nitrogen and oxygen atoms in total. The van der Waals surface area contributed by atoms with Crippen LogP contribution in [0.3, 0.4) is 0 Å². The van der Waals surface area contributed by atoms with E-state index in [1.807, 2.05) is 64.1 Å². The highest BCUT2D eigenvalue weighted by atomic mass is 16.5. The first kappa shape index (κ1) is 20.6. The van der Waals surface area contributed by atoms with Gasteiger partial charge in [0.1, 0.15) is 0 Å². The number of ether oxygens (including phenoxy) is 1. The second-order valence-electron chi connectivity index (χ2n) is 7.62. The van der Waals surface area contributed by atoms with Gasteiger partial charge in [-0.3, -0.25) is 14.4 Å². The van der Waals surface area contributed by atoms with Crippen LogP contribution in [0.15, 0.2) is 36.4 Å². The summed E-state index contributed by atoms with van der Waals surface area (Å²) in [7, 11) is 0. The van der Waals surface area contributed by atoms with Crippen LogP contribution in [0, 0.1) is 33.6 Å². The standard InChI is InChI=1S/C23H26N2O4/c1-14-8-9-19(17(4)10-14)25-12-18(11-21(25)27)23(28)29-13-20(26)24-22-15(2)6-5-7-16(22)3/h5-10,18H,11-13H2,1-4H3,(H,24,26)/t18-/m1/s1. The molecule has 6 heteroatoms. The molecule has 3 rings (SSSR count). The number of amides is 2. The van der Waals surface area contributed by atoms with Gasteiger partial charge in [0.15, 0.2) is 6.61 Å². The highest BCUT2D eigenvalue weighted by molar-refractivity contribution is 6.00. The van der Waals surface area contributed by atoms with Gasteiger partial charge in [0.05, 0.1) is 5.92 Å². The fourth-order valence-electron chi connectivity index (χ4n) is 3.65. The molecular formula is C23H26N2O4. The molecular weight excluding hydrogens is 368 g/mol. The molecule has 1 fully saturated rings. The predicted molar refractivity (Wildman–Crippen MR) is 112 cm³/mol. The van der Waals surface area contributed by atoms with Crippen LogP contribution < -0.4 is 10.2 Å². The van der Waals surface area contributed by atoms with E-state index in [0.29, 0.717) is 0 Å². The van der Waals surface area contributed by atoms with E-state index < -0.39 is 17.8 Å². The van der Waals surface area contributed by atoms with Crippen molar-refractivity contribution in [2.75, 3.05) is 23.4 Å². The molecule has 0 radical (unpaired) electrons. The largest absolute Gasteiger partial charge is 0.455 e. The average molecular weight is 394 g/mol. The summed E-state index contributed by atoms with van der Waals surface area (Å²) in [6.07, 6.45) is 0.0880. The SMILES string of the molecule is Cc1ccc(N2C[C@H](C(=O)OCC(=O)Nc3c(C)cccc3C)CC2=O)c(C)c1. The number of benzene rings is 2. The van der Waals surface area contributed by atoms with Crippen LogP contribution in [0.1, 0.15) is 28.7 Å². The van der Waals surface area contributed by atoms with E-state index >= 15 is 0 Å². The maximum Gasteiger partial charge on any atom is 0.311 e. The first-order valence-corrected chi connectivity index (χ1v) is 9.66. The maximum absolute atomic E-state index is 12.4. The summed E-state index contributed by atoms with van der Waals surface area (Å²) in [4.78, 5) is 38.7. The lowest BCUT2D eigenvalue weighted by Gasteiger charge is -2.19. The van der Waals surface area contributed by atoms with Gasteiger partial charge < -0.3 is 15.0 Å². The summed E-state index contributed by atoms with van der Waals surface area (Å²) < 4.78 is 5.19. The van der Waals surface area contributed by atoms with E-state index in [0.717, 1.165) is 33.6 Å². The van der Waals surface area contributed by atoms with Gasteiger partial charge in [-0.2, -0.15) is 0 Å². The Morgan fingerprint density at radius 2 is 1.76 bits per heavy atom. The van der Waals surface area contributed by atoms with Crippen LogP contribution in [0.5, 0.6) is 0 Å². The lowest BCUT2D eigenvalue weighted by atomic mass is 10.1. The van der Waals surface area contributed by atoms with Gasteiger partial charge in [-0.1, -0.05) is 35.9 Å². The highest BCUT2D eigenvalue weighted by Gasteiger charge is 2.36. The van der Waals surface area contributed by atoms with Gasteiger partial charge in [-0.25, -0.2) is 0 Å². The molecule has 152 valence electrons.